The lowest BCUT2D eigenvalue weighted by molar-refractivity contribution is 0.0998. The third-order valence-electron chi connectivity index (χ3n) is 5.86. The van der Waals surface area contributed by atoms with Crippen LogP contribution in [0.1, 0.15) is 69.1 Å². The highest BCUT2D eigenvalue weighted by Crippen LogP contribution is 2.31. The zero-order valence-electron chi connectivity index (χ0n) is 21.1. The summed E-state index contributed by atoms with van der Waals surface area (Å²) >= 11 is 12.4. The lowest BCUT2D eigenvalue weighted by atomic mass is 10.1. The molecule has 0 amide bonds. The highest BCUT2D eigenvalue weighted by Gasteiger charge is 2.16. The number of hydrogen-bond donors (Lipinski definition) is 2. The fraction of sp³-hybridized carbons (Fsp3) is 0.571. The van der Waals surface area contributed by atoms with Crippen LogP contribution in [-0.4, -0.2) is 49.5 Å². The van der Waals surface area contributed by atoms with Gasteiger partial charge in [-0.2, -0.15) is 0 Å². The first kappa shape index (κ1) is 29.9. The molecule has 0 saturated carbocycles. The summed E-state index contributed by atoms with van der Waals surface area (Å²) in [5, 5.41) is 11.6. The molecule has 0 saturated heterocycles. The molecule has 0 fully saturated rings. The summed E-state index contributed by atoms with van der Waals surface area (Å²) in [5.74, 6) is 0. The minimum atomic E-state index is -0.699. The Hall–Kier alpha value is -1.34. The minimum Gasteiger partial charge on any atom is -0.396 e. The summed E-state index contributed by atoms with van der Waals surface area (Å²) in [7, 11) is 0. The van der Waals surface area contributed by atoms with Crippen molar-refractivity contribution in [1.82, 2.24) is 4.90 Å². The van der Waals surface area contributed by atoms with Crippen LogP contribution in [0.4, 0.5) is 5.69 Å². The number of aliphatic hydroxyl groups is 1. The smallest absolute Gasteiger partial charge is 0.0918 e. The highest BCUT2D eigenvalue weighted by atomic mass is 35.5. The first-order chi connectivity index (χ1) is 17.0. The topological polar surface area (TPSA) is 68.0 Å². The summed E-state index contributed by atoms with van der Waals surface area (Å²) in [6.45, 7) is 7.63. The zero-order valence-corrected chi connectivity index (χ0v) is 22.6. The van der Waals surface area contributed by atoms with Gasteiger partial charge in [-0.15, -0.1) is 0 Å². The Kier molecular flexibility index (Phi) is 15.4. The maximum Gasteiger partial charge on any atom is 0.0918 e. The van der Waals surface area contributed by atoms with Gasteiger partial charge in [0.25, 0.3) is 0 Å². The van der Waals surface area contributed by atoms with Crippen LogP contribution in [0.2, 0.25) is 10.0 Å². The molecule has 196 valence electrons. The van der Waals surface area contributed by atoms with E-state index in [2.05, 4.69) is 24.0 Å². The molecule has 0 aliphatic rings. The molecule has 2 aromatic carbocycles. The number of nitrogens with zero attached hydrogens (tertiary/aromatic N) is 1. The molecule has 0 bridgehead atoms. The molecule has 1 unspecified atom stereocenters. The van der Waals surface area contributed by atoms with Crippen LogP contribution in [0.15, 0.2) is 42.5 Å². The van der Waals surface area contributed by atoms with E-state index >= 15 is 0 Å². The van der Waals surface area contributed by atoms with E-state index in [0.29, 0.717) is 27.8 Å². The van der Waals surface area contributed by atoms with Gasteiger partial charge >= 0.3 is 0 Å². The highest BCUT2D eigenvalue weighted by molar-refractivity contribution is 6.38. The molecule has 0 aromatic heterocycles. The number of aliphatic hydroxyl groups excluding tert-OH is 1. The molecule has 35 heavy (non-hydrogen) atoms. The summed E-state index contributed by atoms with van der Waals surface area (Å²) < 4.78 is 11.2. The molecular weight excluding hydrogens is 483 g/mol. The molecule has 2 aromatic rings. The van der Waals surface area contributed by atoms with Crippen molar-refractivity contribution < 1.29 is 14.6 Å². The minimum absolute atomic E-state index is 0.343. The molecular formula is C28H42Cl2N2O3. The predicted molar refractivity (Wildman–Crippen MR) is 147 cm³/mol. The van der Waals surface area contributed by atoms with E-state index < -0.39 is 6.10 Å². The third kappa shape index (κ3) is 12.4. The van der Waals surface area contributed by atoms with E-state index in [1.165, 1.54) is 5.56 Å². The van der Waals surface area contributed by atoms with Crippen molar-refractivity contribution in [3.05, 3.63) is 63.6 Å². The number of anilines is 1. The second-order valence-electron chi connectivity index (χ2n) is 8.98. The van der Waals surface area contributed by atoms with Crippen LogP contribution in [0, 0.1) is 0 Å². The van der Waals surface area contributed by atoms with Crippen LogP contribution in [-0.2, 0) is 16.0 Å². The maximum atomic E-state index is 10.9. The number of nitrogen functional groups attached to an aromatic ring is 1. The molecule has 0 aliphatic heterocycles. The van der Waals surface area contributed by atoms with E-state index in [-0.39, 0.29) is 0 Å². The van der Waals surface area contributed by atoms with E-state index in [4.69, 9.17) is 38.4 Å². The molecule has 0 spiro atoms. The molecule has 0 aliphatic carbocycles. The van der Waals surface area contributed by atoms with Gasteiger partial charge in [0.1, 0.15) is 0 Å². The zero-order chi connectivity index (χ0) is 25.3. The Morgan fingerprint density at radius 1 is 0.857 bits per heavy atom. The normalized spacial score (nSPS) is 12.4. The van der Waals surface area contributed by atoms with Crippen LogP contribution in [0.5, 0.6) is 0 Å². The van der Waals surface area contributed by atoms with Gasteiger partial charge in [0.2, 0.25) is 0 Å². The first-order valence-corrected chi connectivity index (χ1v) is 13.6. The van der Waals surface area contributed by atoms with Crippen molar-refractivity contribution in [2.24, 2.45) is 0 Å². The molecule has 3 N–H and O–H groups in total. The fourth-order valence-corrected chi connectivity index (χ4v) is 4.38. The number of hydrogen-bond acceptors (Lipinski definition) is 5. The number of rotatable bonds is 19. The molecule has 2 rings (SSSR count). The Labute approximate surface area is 221 Å². The third-order valence-corrected chi connectivity index (χ3v) is 6.48. The maximum absolute atomic E-state index is 10.9. The van der Waals surface area contributed by atoms with Crippen molar-refractivity contribution in [3.63, 3.8) is 0 Å². The lowest BCUT2D eigenvalue weighted by Crippen LogP contribution is -2.29. The van der Waals surface area contributed by atoms with Crippen LogP contribution in [0.3, 0.4) is 0 Å². The van der Waals surface area contributed by atoms with E-state index in [1.807, 2.05) is 18.2 Å². The van der Waals surface area contributed by atoms with Gasteiger partial charge in [-0.1, -0.05) is 73.3 Å². The van der Waals surface area contributed by atoms with Gasteiger partial charge in [-0.25, -0.2) is 0 Å². The van der Waals surface area contributed by atoms with Crippen molar-refractivity contribution in [2.75, 3.05) is 45.3 Å². The van der Waals surface area contributed by atoms with E-state index in [0.717, 1.165) is 84.5 Å². The fourth-order valence-electron chi connectivity index (χ4n) is 3.87. The SMILES string of the molecule is CCCOCCCCOCCCCCCN(Cc1ccccc1)CC(O)c1cc(Cl)c(N)c(Cl)c1. The molecule has 1 atom stereocenters. The van der Waals surface area contributed by atoms with E-state index in [1.54, 1.807) is 12.1 Å². The quantitative estimate of drug-likeness (QED) is 0.154. The summed E-state index contributed by atoms with van der Waals surface area (Å²) in [5.41, 5.74) is 8.09. The average Bonchev–Trinajstić information content (AvgIpc) is 2.85. The predicted octanol–water partition coefficient (Wildman–Crippen LogP) is 6.90. The average molecular weight is 526 g/mol. The second-order valence-corrected chi connectivity index (χ2v) is 9.80. The lowest BCUT2D eigenvalue weighted by Gasteiger charge is -2.26. The first-order valence-electron chi connectivity index (χ1n) is 12.9. The number of unbranched alkanes of at least 4 members (excludes halogenated alkanes) is 4. The molecule has 5 nitrogen and oxygen atoms in total. The molecule has 7 heteroatoms. The number of ether oxygens (including phenoxy) is 2. The van der Waals surface area contributed by atoms with Gasteiger partial charge in [0.15, 0.2) is 0 Å². The summed E-state index contributed by atoms with van der Waals surface area (Å²) in [4.78, 5) is 2.29. The Morgan fingerprint density at radius 2 is 1.43 bits per heavy atom. The van der Waals surface area contributed by atoms with Crippen molar-refractivity contribution in [3.8, 4) is 0 Å². The number of nitrogens with two attached hydrogens (primary N) is 1. The second kappa shape index (κ2) is 18.0. The monoisotopic (exact) mass is 524 g/mol. The largest absolute Gasteiger partial charge is 0.396 e. The van der Waals surface area contributed by atoms with Gasteiger partial charge in [0.05, 0.1) is 21.8 Å². The van der Waals surface area contributed by atoms with Crippen molar-refractivity contribution in [1.29, 1.82) is 0 Å². The van der Waals surface area contributed by atoms with Crippen molar-refractivity contribution in [2.45, 2.75) is 64.5 Å². The van der Waals surface area contributed by atoms with Gasteiger partial charge < -0.3 is 20.3 Å². The van der Waals surface area contributed by atoms with Crippen LogP contribution in [0.25, 0.3) is 0 Å². The van der Waals surface area contributed by atoms with Gasteiger partial charge in [0, 0.05) is 39.5 Å². The Morgan fingerprint density at radius 3 is 2.06 bits per heavy atom. The van der Waals surface area contributed by atoms with E-state index in [9.17, 15) is 5.11 Å². The van der Waals surface area contributed by atoms with Gasteiger partial charge in [-0.05, 0) is 61.9 Å². The van der Waals surface area contributed by atoms with Crippen molar-refractivity contribution >= 4 is 28.9 Å². The molecule has 0 radical (unpaired) electrons. The Bertz CT molecular complexity index is 800. The number of halogens is 2. The Balaban J connectivity index is 1.71. The summed E-state index contributed by atoms with van der Waals surface area (Å²) in [6.07, 6.45) is 6.93. The van der Waals surface area contributed by atoms with Crippen LogP contribution >= 0.6 is 23.2 Å². The number of benzene rings is 2. The summed E-state index contributed by atoms with van der Waals surface area (Å²) in [6, 6.07) is 13.7. The van der Waals surface area contributed by atoms with Gasteiger partial charge in [-0.3, -0.25) is 4.90 Å². The van der Waals surface area contributed by atoms with Crippen LogP contribution < -0.4 is 5.73 Å². The standard InChI is InChI=1S/C28H42Cl2N2O3/c1-2-15-34-17-10-11-18-35-16-9-4-3-8-14-32(21-23-12-6-5-7-13-23)22-27(33)24-19-25(29)28(31)26(30)20-24/h5-7,12-13,19-20,27,33H,2-4,8-11,14-18,21-22,31H2,1H3. The molecule has 0 heterocycles.